The van der Waals surface area contributed by atoms with Crippen molar-refractivity contribution in [2.24, 2.45) is 0 Å². The molecule has 0 unspecified atom stereocenters. The number of hydrogen-bond acceptors (Lipinski definition) is 6. The topological polar surface area (TPSA) is 58.4 Å². The molecule has 0 aliphatic carbocycles. The molecule has 0 aliphatic rings. The number of aromatic nitrogens is 3. The van der Waals surface area contributed by atoms with Crippen LogP contribution < -0.4 is 14.2 Å². The van der Waals surface area contributed by atoms with Crippen molar-refractivity contribution >= 4 is 23.4 Å². The van der Waals surface area contributed by atoms with E-state index in [1.54, 1.807) is 33.5 Å². The fraction of sp³-hybridized carbons (Fsp3) is 0.167. The number of thioether (sulfide) groups is 1. The van der Waals surface area contributed by atoms with Crippen LogP contribution >= 0.6 is 23.4 Å². The van der Waals surface area contributed by atoms with E-state index in [-0.39, 0.29) is 5.82 Å². The van der Waals surface area contributed by atoms with Gasteiger partial charge in [-0.2, -0.15) is 0 Å². The SMILES string of the molecule is COc1cc(-c2nnc(SCc3ccc(F)cc3)n2-c2ccc(Cl)cc2)cc(OC)c1OC. The highest BCUT2D eigenvalue weighted by Crippen LogP contribution is 2.42. The molecule has 0 bridgehead atoms. The van der Waals surface area contributed by atoms with Crippen LogP contribution in [-0.2, 0) is 5.75 Å². The normalized spacial score (nSPS) is 10.8. The van der Waals surface area contributed by atoms with Gasteiger partial charge in [-0.3, -0.25) is 4.57 Å². The van der Waals surface area contributed by atoms with Crippen LogP contribution in [-0.4, -0.2) is 36.1 Å². The third-order valence-corrected chi connectivity index (χ3v) is 6.17. The van der Waals surface area contributed by atoms with Crippen molar-refractivity contribution in [1.82, 2.24) is 14.8 Å². The van der Waals surface area contributed by atoms with Crippen LogP contribution in [0.2, 0.25) is 5.02 Å². The number of benzene rings is 3. The Morgan fingerprint density at radius 2 is 1.52 bits per heavy atom. The molecule has 0 amide bonds. The van der Waals surface area contributed by atoms with Gasteiger partial charge in [0.1, 0.15) is 5.82 Å². The van der Waals surface area contributed by atoms with Crippen molar-refractivity contribution < 1.29 is 18.6 Å². The minimum Gasteiger partial charge on any atom is -0.493 e. The maximum atomic E-state index is 13.3. The zero-order chi connectivity index (χ0) is 23.4. The van der Waals surface area contributed by atoms with Crippen molar-refractivity contribution in [3.05, 3.63) is 77.1 Å². The second-order valence-electron chi connectivity index (χ2n) is 6.95. The highest BCUT2D eigenvalue weighted by Gasteiger charge is 2.21. The van der Waals surface area contributed by atoms with E-state index in [2.05, 4.69) is 10.2 Å². The molecule has 0 fully saturated rings. The average molecular weight is 486 g/mol. The van der Waals surface area contributed by atoms with Crippen molar-refractivity contribution in [1.29, 1.82) is 0 Å². The summed E-state index contributed by atoms with van der Waals surface area (Å²) in [5.41, 5.74) is 2.55. The number of ether oxygens (including phenoxy) is 3. The van der Waals surface area contributed by atoms with Crippen LogP contribution in [0.4, 0.5) is 4.39 Å². The standard InChI is InChI=1S/C24H21ClFN3O3S/c1-30-20-12-16(13-21(31-2)22(20)32-3)23-27-28-24(29(23)19-10-6-17(25)7-11-19)33-14-15-4-8-18(26)9-5-15/h4-13H,14H2,1-3H3. The average Bonchev–Trinajstić information content (AvgIpc) is 3.27. The second-order valence-corrected chi connectivity index (χ2v) is 8.33. The molecule has 9 heteroatoms. The zero-order valence-electron chi connectivity index (χ0n) is 18.2. The molecule has 6 nitrogen and oxygen atoms in total. The zero-order valence-corrected chi connectivity index (χ0v) is 19.8. The lowest BCUT2D eigenvalue weighted by Gasteiger charge is -2.15. The molecule has 170 valence electrons. The van der Waals surface area contributed by atoms with Crippen LogP contribution in [0.15, 0.2) is 65.8 Å². The van der Waals surface area contributed by atoms with E-state index < -0.39 is 0 Å². The Bertz CT molecular complexity index is 1220. The van der Waals surface area contributed by atoms with Crippen molar-refractivity contribution in [3.8, 4) is 34.3 Å². The third kappa shape index (κ3) is 4.91. The molecule has 0 saturated heterocycles. The van der Waals surface area contributed by atoms with E-state index in [0.717, 1.165) is 16.8 Å². The first-order valence-corrected chi connectivity index (χ1v) is 11.3. The molecule has 0 radical (unpaired) electrons. The number of methoxy groups -OCH3 is 3. The molecule has 1 aromatic heterocycles. The maximum absolute atomic E-state index is 13.3. The molecule has 4 rings (SSSR count). The summed E-state index contributed by atoms with van der Waals surface area (Å²) in [4.78, 5) is 0. The summed E-state index contributed by atoms with van der Waals surface area (Å²) in [7, 11) is 4.68. The van der Waals surface area contributed by atoms with Crippen LogP contribution in [0.5, 0.6) is 17.2 Å². The van der Waals surface area contributed by atoms with Gasteiger partial charge in [0, 0.05) is 22.0 Å². The first-order valence-electron chi connectivity index (χ1n) is 9.93. The summed E-state index contributed by atoms with van der Waals surface area (Å²) >= 11 is 7.61. The molecule has 0 saturated carbocycles. The van der Waals surface area contributed by atoms with E-state index in [4.69, 9.17) is 25.8 Å². The van der Waals surface area contributed by atoms with Crippen molar-refractivity contribution in [2.45, 2.75) is 10.9 Å². The fourth-order valence-electron chi connectivity index (χ4n) is 3.31. The predicted octanol–water partition coefficient (Wildman–Crippen LogP) is 6.04. The first-order chi connectivity index (χ1) is 16.0. The lowest BCUT2D eigenvalue weighted by Crippen LogP contribution is -2.01. The molecule has 0 atom stereocenters. The second kappa shape index (κ2) is 10.1. The minimum atomic E-state index is -0.266. The fourth-order valence-corrected chi connectivity index (χ4v) is 4.35. The van der Waals surface area contributed by atoms with Crippen LogP contribution in [0.3, 0.4) is 0 Å². The monoisotopic (exact) mass is 485 g/mol. The van der Waals surface area contributed by atoms with Gasteiger partial charge < -0.3 is 14.2 Å². The molecule has 0 spiro atoms. The van der Waals surface area contributed by atoms with E-state index in [0.29, 0.717) is 39.0 Å². The summed E-state index contributed by atoms with van der Waals surface area (Å²) in [5, 5.41) is 10.2. The van der Waals surface area contributed by atoms with Gasteiger partial charge in [0.25, 0.3) is 0 Å². The van der Waals surface area contributed by atoms with Gasteiger partial charge in [-0.15, -0.1) is 10.2 Å². The van der Waals surface area contributed by atoms with E-state index in [9.17, 15) is 4.39 Å². The number of rotatable bonds is 8. The highest BCUT2D eigenvalue weighted by molar-refractivity contribution is 7.98. The molecular weight excluding hydrogens is 465 g/mol. The predicted molar refractivity (Wildman–Crippen MR) is 127 cm³/mol. The highest BCUT2D eigenvalue weighted by atomic mass is 35.5. The Hall–Kier alpha value is -3.23. The third-order valence-electron chi connectivity index (χ3n) is 4.92. The molecule has 3 aromatic carbocycles. The Labute approximate surface area is 200 Å². The van der Waals surface area contributed by atoms with Gasteiger partial charge in [-0.05, 0) is 54.1 Å². The van der Waals surface area contributed by atoms with Gasteiger partial charge in [-0.25, -0.2) is 4.39 Å². The Morgan fingerprint density at radius 1 is 0.879 bits per heavy atom. The maximum Gasteiger partial charge on any atom is 0.203 e. The number of nitrogens with zero attached hydrogens (tertiary/aromatic N) is 3. The van der Waals surface area contributed by atoms with Gasteiger partial charge in [0.15, 0.2) is 22.5 Å². The van der Waals surface area contributed by atoms with Crippen molar-refractivity contribution in [2.75, 3.05) is 21.3 Å². The number of hydrogen-bond donors (Lipinski definition) is 0. The molecule has 4 aromatic rings. The summed E-state index contributed by atoms with van der Waals surface area (Å²) in [6.07, 6.45) is 0. The summed E-state index contributed by atoms with van der Waals surface area (Å²) in [6.45, 7) is 0. The number of halogens is 2. The summed E-state index contributed by atoms with van der Waals surface area (Å²) in [6, 6.07) is 17.5. The van der Waals surface area contributed by atoms with Gasteiger partial charge in [-0.1, -0.05) is 35.5 Å². The summed E-state index contributed by atoms with van der Waals surface area (Å²) in [5.74, 6) is 2.44. The molecule has 0 aliphatic heterocycles. The van der Waals surface area contributed by atoms with Gasteiger partial charge in [0.2, 0.25) is 5.75 Å². The molecule has 1 heterocycles. The molecule has 0 N–H and O–H groups in total. The lowest BCUT2D eigenvalue weighted by atomic mass is 10.1. The van der Waals surface area contributed by atoms with Gasteiger partial charge >= 0.3 is 0 Å². The summed E-state index contributed by atoms with van der Waals surface area (Å²) < 4.78 is 31.7. The van der Waals surface area contributed by atoms with Crippen LogP contribution in [0.1, 0.15) is 5.56 Å². The molecular formula is C24H21ClFN3O3S. The first kappa shape index (κ1) is 22.9. The van der Waals surface area contributed by atoms with Gasteiger partial charge in [0.05, 0.1) is 21.3 Å². The minimum absolute atomic E-state index is 0.266. The quantitative estimate of drug-likeness (QED) is 0.283. The lowest BCUT2D eigenvalue weighted by molar-refractivity contribution is 0.324. The molecule has 33 heavy (non-hydrogen) atoms. The van der Waals surface area contributed by atoms with E-state index >= 15 is 0 Å². The van der Waals surface area contributed by atoms with Crippen LogP contribution in [0, 0.1) is 5.82 Å². The largest absolute Gasteiger partial charge is 0.493 e. The Balaban J connectivity index is 1.80. The van der Waals surface area contributed by atoms with E-state index in [1.807, 2.05) is 41.0 Å². The van der Waals surface area contributed by atoms with E-state index in [1.165, 1.54) is 23.9 Å². The Kier molecular flexibility index (Phi) is 7.05. The smallest absolute Gasteiger partial charge is 0.203 e. The Morgan fingerprint density at radius 3 is 2.09 bits per heavy atom. The van der Waals surface area contributed by atoms with Crippen LogP contribution in [0.25, 0.3) is 17.1 Å². The van der Waals surface area contributed by atoms with Crippen molar-refractivity contribution in [3.63, 3.8) is 0 Å².